The van der Waals surface area contributed by atoms with Gasteiger partial charge in [-0.1, -0.05) is 42.1 Å². The Balaban J connectivity index is 1.42. The van der Waals surface area contributed by atoms with Gasteiger partial charge >= 0.3 is 0 Å². The molecule has 1 N–H and O–H groups in total. The van der Waals surface area contributed by atoms with E-state index in [1.54, 1.807) is 0 Å². The molecule has 1 amide bonds. The van der Waals surface area contributed by atoms with E-state index in [2.05, 4.69) is 45.5 Å². The normalized spacial score (nSPS) is 15.9. The number of carbonyl (C=O) groups is 1. The summed E-state index contributed by atoms with van der Waals surface area (Å²) in [5.41, 5.74) is 1.40. The van der Waals surface area contributed by atoms with E-state index in [4.69, 9.17) is 0 Å². The molecule has 5 nitrogen and oxygen atoms in total. The van der Waals surface area contributed by atoms with Gasteiger partial charge in [0.05, 0.1) is 5.75 Å². The van der Waals surface area contributed by atoms with Gasteiger partial charge in [-0.3, -0.25) is 9.89 Å². The first kappa shape index (κ1) is 15.1. The molecule has 6 heteroatoms. The summed E-state index contributed by atoms with van der Waals surface area (Å²) in [6.07, 6.45) is 4.76. The summed E-state index contributed by atoms with van der Waals surface area (Å²) in [5.74, 6) is 1.31. The summed E-state index contributed by atoms with van der Waals surface area (Å²) in [5, 5.41) is 7.24. The van der Waals surface area contributed by atoms with Gasteiger partial charge in [-0.25, -0.2) is 4.98 Å². The topological polar surface area (TPSA) is 61.9 Å². The van der Waals surface area contributed by atoms with Gasteiger partial charge in [-0.2, -0.15) is 5.10 Å². The smallest absolute Gasteiger partial charge is 0.233 e. The Kier molecular flexibility index (Phi) is 5.11. The number of amides is 1. The number of H-pyrrole nitrogens is 1. The van der Waals surface area contributed by atoms with E-state index in [1.807, 2.05) is 4.90 Å². The highest BCUT2D eigenvalue weighted by molar-refractivity contribution is 7.99. The molecule has 1 aliphatic heterocycles. The van der Waals surface area contributed by atoms with Crippen LogP contribution < -0.4 is 0 Å². The second-order valence-corrected chi connectivity index (χ2v) is 6.56. The number of piperidine rings is 1. The minimum atomic E-state index is 0.194. The molecule has 0 aliphatic carbocycles. The summed E-state index contributed by atoms with van der Waals surface area (Å²) in [7, 11) is 0. The number of thioether (sulfide) groups is 1. The maximum atomic E-state index is 12.2. The van der Waals surface area contributed by atoms with E-state index < -0.39 is 0 Å². The van der Waals surface area contributed by atoms with Gasteiger partial charge in [-0.15, -0.1) is 0 Å². The standard InChI is InChI=1S/C16H20N4OS/c21-15(11-22-16-17-12-18-19-16)20-8-6-14(7-9-20)10-13-4-2-1-3-5-13/h1-5,12,14H,6-11H2,(H,17,18,19). The van der Waals surface area contributed by atoms with Crippen LogP contribution in [0.5, 0.6) is 0 Å². The number of carbonyl (C=O) groups excluding carboxylic acids is 1. The van der Waals surface area contributed by atoms with Crippen molar-refractivity contribution >= 4 is 17.7 Å². The Hall–Kier alpha value is -1.82. The Morgan fingerprint density at radius 3 is 2.73 bits per heavy atom. The molecule has 0 saturated carbocycles. The van der Waals surface area contributed by atoms with Crippen molar-refractivity contribution in [2.75, 3.05) is 18.8 Å². The molecule has 22 heavy (non-hydrogen) atoms. The lowest BCUT2D eigenvalue weighted by atomic mass is 9.90. The SMILES string of the molecule is O=C(CSc1ncn[nH]1)N1CCC(Cc2ccccc2)CC1. The molecule has 2 heterocycles. The number of rotatable bonds is 5. The number of hydrogen-bond acceptors (Lipinski definition) is 4. The third-order valence-corrected chi connectivity index (χ3v) is 4.92. The molecule has 0 unspecified atom stereocenters. The molecule has 1 aromatic carbocycles. The molecule has 0 spiro atoms. The monoisotopic (exact) mass is 316 g/mol. The molecule has 1 aliphatic rings. The van der Waals surface area contributed by atoms with E-state index >= 15 is 0 Å². The van der Waals surface area contributed by atoms with Crippen molar-refractivity contribution in [3.8, 4) is 0 Å². The first-order valence-corrected chi connectivity index (χ1v) is 8.59. The maximum Gasteiger partial charge on any atom is 0.233 e. The van der Waals surface area contributed by atoms with E-state index in [1.165, 1.54) is 23.7 Å². The predicted octanol–water partition coefficient (Wildman–Crippen LogP) is 2.38. The minimum Gasteiger partial charge on any atom is -0.342 e. The molecular formula is C16H20N4OS. The zero-order valence-electron chi connectivity index (χ0n) is 12.4. The maximum absolute atomic E-state index is 12.2. The molecular weight excluding hydrogens is 296 g/mol. The summed E-state index contributed by atoms with van der Waals surface area (Å²) in [6.45, 7) is 1.74. The van der Waals surface area contributed by atoms with Gasteiger partial charge in [0.25, 0.3) is 0 Å². The molecule has 3 rings (SSSR count). The number of hydrogen-bond donors (Lipinski definition) is 1. The van der Waals surface area contributed by atoms with Crippen molar-refractivity contribution in [1.82, 2.24) is 20.1 Å². The Morgan fingerprint density at radius 2 is 2.05 bits per heavy atom. The Morgan fingerprint density at radius 1 is 1.27 bits per heavy atom. The molecule has 1 saturated heterocycles. The Bertz CT molecular complexity index is 579. The first-order chi connectivity index (χ1) is 10.8. The fourth-order valence-electron chi connectivity index (χ4n) is 2.82. The minimum absolute atomic E-state index is 0.194. The number of nitrogens with one attached hydrogen (secondary N) is 1. The van der Waals surface area contributed by atoms with E-state index in [-0.39, 0.29) is 5.91 Å². The van der Waals surface area contributed by atoms with Crippen LogP contribution in [-0.4, -0.2) is 44.8 Å². The summed E-state index contributed by atoms with van der Waals surface area (Å²) >= 11 is 1.41. The summed E-state index contributed by atoms with van der Waals surface area (Å²) < 4.78 is 0. The Labute approximate surface area is 134 Å². The van der Waals surface area contributed by atoms with Gasteiger partial charge in [0.15, 0.2) is 5.16 Å². The molecule has 0 radical (unpaired) electrons. The number of aromatic amines is 1. The number of benzene rings is 1. The van der Waals surface area contributed by atoms with Crippen LogP contribution in [0.4, 0.5) is 0 Å². The van der Waals surface area contributed by atoms with E-state index in [9.17, 15) is 4.79 Å². The van der Waals surface area contributed by atoms with Crippen molar-refractivity contribution in [3.63, 3.8) is 0 Å². The van der Waals surface area contributed by atoms with Crippen LogP contribution in [-0.2, 0) is 11.2 Å². The number of aromatic nitrogens is 3. The third-order valence-electron chi connectivity index (χ3n) is 4.06. The molecule has 1 fully saturated rings. The quantitative estimate of drug-likeness (QED) is 0.860. The van der Waals surface area contributed by atoms with Crippen LogP contribution in [0.1, 0.15) is 18.4 Å². The number of nitrogens with zero attached hydrogens (tertiary/aromatic N) is 3. The van der Waals surface area contributed by atoms with Crippen LogP contribution in [0, 0.1) is 5.92 Å². The van der Waals surface area contributed by atoms with Crippen molar-refractivity contribution in [1.29, 1.82) is 0 Å². The van der Waals surface area contributed by atoms with Crippen molar-refractivity contribution < 1.29 is 4.79 Å². The van der Waals surface area contributed by atoms with Crippen LogP contribution in [0.2, 0.25) is 0 Å². The lowest BCUT2D eigenvalue weighted by Crippen LogP contribution is -2.39. The average Bonchev–Trinajstić information content (AvgIpc) is 3.08. The molecule has 1 aromatic heterocycles. The molecule has 2 aromatic rings. The van der Waals surface area contributed by atoms with Gasteiger partial charge < -0.3 is 4.90 Å². The third kappa shape index (κ3) is 4.10. The van der Waals surface area contributed by atoms with Crippen molar-refractivity contribution in [3.05, 3.63) is 42.2 Å². The second kappa shape index (κ2) is 7.45. The van der Waals surface area contributed by atoms with Gasteiger partial charge in [0, 0.05) is 13.1 Å². The summed E-state index contributed by atoms with van der Waals surface area (Å²) in [4.78, 5) is 18.2. The highest BCUT2D eigenvalue weighted by Crippen LogP contribution is 2.22. The fraction of sp³-hybridized carbons (Fsp3) is 0.438. The number of likely N-dealkylation sites (tertiary alicyclic amines) is 1. The lowest BCUT2D eigenvalue weighted by Gasteiger charge is -2.32. The lowest BCUT2D eigenvalue weighted by molar-refractivity contribution is -0.129. The van der Waals surface area contributed by atoms with Gasteiger partial charge in [-0.05, 0) is 30.7 Å². The largest absolute Gasteiger partial charge is 0.342 e. The fourth-order valence-corrected chi connectivity index (χ4v) is 3.50. The highest BCUT2D eigenvalue weighted by atomic mass is 32.2. The molecule has 116 valence electrons. The highest BCUT2D eigenvalue weighted by Gasteiger charge is 2.23. The molecule has 0 atom stereocenters. The van der Waals surface area contributed by atoms with E-state index in [0.29, 0.717) is 16.8 Å². The van der Waals surface area contributed by atoms with E-state index in [0.717, 1.165) is 32.4 Å². The second-order valence-electron chi connectivity index (χ2n) is 5.59. The average molecular weight is 316 g/mol. The first-order valence-electron chi connectivity index (χ1n) is 7.61. The predicted molar refractivity (Wildman–Crippen MR) is 86.6 cm³/mol. The molecule has 0 bridgehead atoms. The van der Waals surface area contributed by atoms with Gasteiger partial charge in [0.2, 0.25) is 5.91 Å². The van der Waals surface area contributed by atoms with Crippen LogP contribution >= 0.6 is 11.8 Å². The van der Waals surface area contributed by atoms with Crippen molar-refractivity contribution in [2.24, 2.45) is 5.92 Å². The summed E-state index contributed by atoms with van der Waals surface area (Å²) in [6, 6.07) is 10.6. The van der Waals surface area contributed by atoms with Gasteiger partial charge in [0.1, 0.15) is 6.33 Å². The zero-order valence-corrected chi connectivity index (χ0v) is 13.3. The van der Waals surface area contributed by atoms with Crippen molar-refractivity contribution in [2.45, 2.75) is 24.4 Å². The van der Waals surface area contributed by atoms with Crippen LogP contribution in [0.25, 0.3) is 0 Å². The van der Waals surface area contributed by atoms with Crippen LogP contribution in [0.15, 0.2) is 41.8 Å². The van der Waals surface area contributed by atoms with Crippen LogP contribution in [0.3, 0.4) is 0 Å². The zero-order chi connectivity index (χ0) is 15.2.